The quantitative estimate of drug-likeness (QED) is 0.798. The van der Waals surface area contributed by atoms with Gasteiger partial charge in [0.1, 0.15) is 5.82 Å². The van der Waals surface area contributed by atoms with Crippen molar-refractivity contribution >= 4 is 23.2 Å². The Morgan fingerprint density at radius 1 is 1.10 bits per heavy atom. The average molecular weight is 305 g/mol. The van der Waals surface area contributed by atoms with Gasteiger partial charge in [0.15, 0.2) is 0 Å². The lowest BCUT2D eigenvalue weighted by molar-refractivity contribution is 0.00578. The fourth-order valence-electron chi connectivity index (χ4n) is 2.23. The SMILES string of the molecule is CC1(C)OB(c2scnc2-c2ccccc2F)OC1(C)C. The number of halogens is 1. The zero-order valence-electron chi connectivity index (χ0n) is 12.5. The third kappa shape index (κ3) is 2.41. The van der Waals surface area contributed by atoms with E-state index >= 15 is 0 Å². The Labute approximate surface area is 128 Å². The van der Waals surface area contributed by atoms with E-state index in [1.165, 1.54) is 17.4 Å². The third-order valence-corrected chi connectivity index (χ3v) is 5.04. The first-order valence-electron chi connectivity index (χ1n) is 6.86. The van der Waals surface area contributed by atoms with E-state index in [0.29, 0.717) is 11.3 Å². The Morgan fingerprint density at radius 2 is 1.71 bits per heavy atom. The van der Waals surface area contributed by atoms with E-state index in [9.17, 15) is 4.39 Å². The maximum atomic E-state index is 14.0. The number of thiazole rings is 1. The molecular weight excluding hydrogens is 288 g/mol. The van der Waals surface area contributed by atoms with Crippen molar-refractivity contribution in [1.29, 1.82) is 0 Å². The van der Waals surface area contributed by atoms with E-state index in [4.69, 9.17) is 9.31 Å². The molecule has 3 rings (SSSR count). The predicted molar refractivity (Wildman–Crippen MR) is 83.2 cm³/mol. The molecule has 21 heavy (non-hydrogen) atoms. The highest BCUT2D eigenvalue weighted by atomic mass is 32.1. The van der Waals surface area contributed by atoms with Crippen molar-refractivity contribution in [2.24, 2.45) is 0 Å². The van der Waals surface area contributed by atoms with Crippen LogP contribution in [-0.2, 0) is 9.31 Å². The molecule has 3 nitrogen and oxygen atoms in total. The molecule has 0 radical (unpaired) electrons. The lowest BCUT2D eigenvalue weighted by atomic mass is 9.84. The molecule has 110 valence electrons. The van der Waals surface area contributed by atoms with Crippen LogP contribution in [0.1, 0.15) is 27.7 Å². The van der Waals surface area contributed by atoms with E-state index < -0.39 is 18.3 Å². The molecule has 0 spiro atoms. The second-order valence-corrected chi connectivity index (χ2v) is 7.02. The summed E-state index contributed by atoms with van der Waals surface area (Å²) in [6.07, 6.45) is 0. The molecule has 1 aromatic carbocycles. The van der Waals surface area contributed by atoms with Gasteiger partial charge in [0, 0.05) is 5.56 Å². The zero-order chi connectivity index (χ0) is 15.3. The monoisotopic (exact) mass is 305 g/mol. The number of nitrogens with zero attached hydrogens (tertiary/aromatic N) is 1. The van der Waals surface area contributed by atoms with Crippen LogP contribution < -0.4 is 4.78 Å². The molecule has 0 aliphatic carbocycles. The van der Waals surface area contributed by atoms with Gasteiger partial charge >= 0.3 is 7.12 Å². The van der Waals surface area contributed by atoms with Gasteiger partial charge < -0.3 is 9.31 Å². The van der Waals surface area contributed by atoms with Crippen molar-refractivity contribution in [3.8, 4) is 11.3 Å². The fourth-order valence-corrected chi connectivity index (χ4v) is 2.98. The normalized spacial score (nSPS) is 20.0. The second kappa shape index (κ2) is 4.90. The van der Waals surface area contributed by atoms with Crippen LogP contribution in [0.4, 0.5) is 4.39 Å². The Hall–Kier alpha value is -1.24. The van der Waals surface area contributed by atoms with Crippen LogP contribution in [0.25, 0.3) is 11.3 Å². The molecule has 1 aromatic heterocycles. The minimum absolute atomic E-state index is 0.291. The van der Waals surface area contributed by atoms with Crippen molar-refractivity contribution < 1.29 is 13.7 Å². The Balaban J connectivity index is 2.00. The van der Waals surface area contributed by atoms with E-state index in [0.717, 1.165) is 4.78 Å². The summed E-state index contributed by atoms with van der Waals surface area (Å²) in [6.45, 7) is 7.99. The number of hydrogen-bond acceptors (Lipinski definition) is 4. The van der Waals surface area contributed by atoms with E-state index in [-0.39, 0.29) is 5.82 Å². The van der Waals surface area contributed by atoms with Crippen LogP contribution in [0.5, 0.6) is 0 Å². The number of benzene rings is 1. The standard InChI is InChI=1S/C15H17BFNO2S/c1-14(2)15(3,4)20-16(19-14)13-12(18-9-21-13)10-7-5-6-8-11(10)17/h5-9H,1-4H3. The highest BCUT2D eigenvalue weighted by molar-refractivity contribution is 7.21. The number of aromatic nitrogens is 1. The average Bonchev–Trinajstić information content (AvgIpc) is 2.93. The lowest BCUT2D eigenvalue weighted by Crippen LogP contribution is -2.41. The minimum atomic E-state index is -0.517. The van der Waals surface area contributed by atoms with Gasteiger partial charge in [-0.25, -0.2) is 9.37 Å². The highest BCUT2D eigenvalue weighted by Gasteiger charge is 2.53. The Bertz CT molecular complexity index is 655. The summed E-state index contributed by atoms with van der Waals surface area (Å²) < 4.78 is 26.9. The van der Waals surface area contributed by atoms with Gasteiger partial charge in [-0.15, -0.1) is 11.3 Å². The molecule has 0 N–H and O–H groups in total. The van der Waals surface area contributed by atoms with Gasteiger partial charge in [-0.1, -0.05) is 12.1 Å². The van der Waals surface area contributed by atoms with Crippen molar-refractivity contribution in [2.75, 3.05) is 0 Å². The lowest BCUT2D eigenvalue weighted by Gasteiger charge is -2.32. The molecule has 0 bridgehead atoms. The smallest absolute Gasteiger partial charge is 0.399 e. The molecular formula is C15H17BFNO2S. The number of hydrogen-bond donors (Lipinski definition) is 0. The summed E-state index contributed by atoms with van der Waals surface area (Å²) in [5.41, 5.74) is 1.92. The van der Waals surface area contributed by atoms with Crippen LogP contribution in [0, 0.1) is 5.82 Å². The number of rotatable bonds is 2. The topological polar surface area (TPSA) is 31.4 Å². The highest BCUT2D eigenvalue weighted by Crippen LogP contribution is 2.37. The van der Waals surface area contributed by atoms with Gasteiger partial charge in [-0.2, -0.15) is 0 Å². The van der Waals surface area contributed by atoms with E-state index in [1.807, 2.05) is 27.7 Å². The zero-order valence-corrected chi connectivity index (χ0v) is 13.3. The van der Waals surface area contributed by atoms with Crippen LogP contribution in [0.3, 0.4) is 0 Å². The third-order valence-electron chi connectivity index (χ3n) is 4.19. The van der Waals surface area contributed by atoms with Crippen molar-refractivity contribution in [3.63, 3.8) is 0 Å². The van der Waals surface area contributed by atoms with Crippen molar-refractivity contribution in [3.05, 3.63) is 35.6 Å². The molecule has 6 heteroatoms. The van der Waals surface area contributed by atoms with Crippen LogP contribution in [0.15, 0.2) is 29.8 Å². The van der Waals surface area contributed by atoms with E-state index in [1.54, 1.807) is 23.7 Å². The van der Waals surface area contributed by atoms with Crippen LogP contribution in [-0.4, -0.2) is 23.3 Å². The minimum Gasteiger partial charge on any atom is -0.399 e. The van der Waals surface area contributed by atoms with Crippen molar-refractivity contribution in [2.45, 2.75) is 38.9 Å². The van der Waals surface area contributed by atoms with Gasteiger partial charge in [-0.05, 0) is 39.8 Å². The Kier molecular flexibility index (Phi) is 3.43. The first kappa shape index (κ1) is 14.7. The maximum absolute atomic E-state index is 14.0. The summed E-state index contributed by atoms with van der Waals surface area (Å²) >= 11 is 1.42. The molecule has 0 amide bonds. The van der Waals surface area contributed by atoms with Crippen molar-refractivity contribution in [1.82, 2.24) is 4.98 Å². The maximum Gasteiger partial charge on any atom is 0.507 e. The summed E-state index contributed by atoms with van der Waals surface area (Å²) in [5, 5.41) is 0. The van der Waals surface area contributed by atoms with Gasteiger partial charge in [0.05, 0.1) is 27.2 Å². The summed E-state index contributed by atoms with van der Waals surface area (Å²) in [6, 6.07) is 6.62. The molecule has 0 atom stereocenters. The first-order chi connectivity index (χ1) is 9.82. The van der Waals surface area contributed by atoms with Crippen LogP contribution >= 0.6 is 11.3 Å². The van der Waals surface area contributed by atoms with E-state index in [2.05, 4.69) is 4.98 Å². The predicted octanol–water partition coefficient (Wildman–Crippen LogP) is 3.25. The summed E-state index contributed by atoms with van der Waals surface area (Å²) in [4.78, 5) is 4.31. The molecule has 2 aromatic rings. The first-order valence-corrected chi connectivity index (χ1v) is 7.74. The molecule has 2 heterocycles. The molecule has 1 aliphatic rings. The molecule has 0 unspecified atom stereocenters. The summed E-state index contributed by atoms with van der Waals surface area (Å²) in [7, 11) is -0.517. The van der Waals surface area contributed by atoms with Crippen LogP contribution in [0.2, 0.25) is 0 Å². The largest absolute Gasteiger partial charge is 0.507 e. The molecule has 1 fully saturated rings. The molecule has 0 saturated carbocycles. The summed E-state index contributed by atoms with van der Waals surface area (Å²) in [5.74, 6) is -0.291. The molecule has 1 aliphatic heterocycles. The Morgan fingerprint density at radius 3 is 2.33 bits per heavy atom. The molecule has 1 saturated heterocycles. The van der Waals surface area contributed by atoms with Gasteiger partial charge in [0.2, 0.25) is 0 Å². The fraction of sp³-hybridized carbons (Fsp3) is 0.400. The second-order valence-electron chi connectivity index (χ2n) is 6.13. The van der Waals surface area contributed by atoms with Gasteiger partial charge in [-0.3, -0.25) is 0 Å². The van der Waals surface area contributed by atoms with Gasteiger partial charge in [0.25, 0.3) is 0 Å².